The van der Waals surface area contributed by atoms with Crippen LogP contribution < -0.4 is 4.74 Å². The van der Waals surface area contributed by atoms with Gasteiger partial charge in [-0.2, -0.15) is 0 Å². The van der Waals surface area contributed by atoms with Gasteiger partial charge in [0.1, 0.15) is 11.4 Å². The van der Waals surface area contributed by atoms with Gasteiger partial charge in [-0.3, -0.25) is 0 Å². The van der Waals surface area contributed by atoms with Gasteiger partial charge < -0.3 is 4.74 Å². The van der Waals surface area contributed by atoms with Gasteiger partial charge in [-0.05, 0) is 48.0 Å². The Morgan fingerprint density at radius 2 is 1.56 bits per heavy atom. The Morgan fingerprint density at radius 3 is 2.06 bits per heavy atom. The lowest BCUT2D eigenvalue weighted by Gasteiger charge is -2.39. The van der Waals surface area contributed by atoms with Crippen molar-refractivity contribution in [3.05, 3.63) is 27.1 Å². The smallest absolute Gasteiger partial charge is 0.135 e. The molecular weight excluding hydrogens is 332 g/mol. The Balaban J connectivity index is 3.01. The lowest BCUT2D eigenvalue weighted by atomic mass is 9.79. The third kappa shape index (κ3) is 3.24. The maximum atomic E-state index is 6.10. The van der Waals surface area contributed by atoms with E-state index in [0.29, 0.717) is 0 Å². The molecule has 16 heavy (non-hydrogen) atoms. The zero-order chi connectivity index (χ0) is 12.6. The van der Waals surface area contributed by atoms with Gasteiger partial charge in [-0.1, -0.05) is 36.7 Å². The van der Waals surface area contributed by atoms with Gasteiger partial charge in [0.15, 0.2) is 0 Å². The summed E-state index contributed by atoms with van der Waals surface area (Å²) in [4.78, 5) is 0. The highest BCUT2D eigenvalue weighted by Crippen LogP contribution is 2.37. The topological polar surface area (TPSA) is 9.23 Å². The molecule has 0 saturated carbocycles. The molecule has 0 radical (unpaired) electrons. The molecule has 1 aromatic rings. The number of rotatable bonds is 2. The Morgan fingerprint density at radius 1 is 1.00 bits per heavy atom. The van der Waals surface area contributed by atoms with Crippen LogP contribution in [0.15, 0.2) is 27.1 Å². The molecule has 3 heteroatoms. The second-order valence-electron chi connectivity index (χ2n) is 5.44. The van der Waals surface area contributed by atoms with Crippen LogP contribution >= 0.6 is 31.9 Å². The molecule has 0 saturated heterocycles. The number of benzene rings is 1. The van der Waals surface area contributed by atoms with Gasteiger partial charge in [0, 0.05) is 9.89 Å². The van der Waals surface area contributed by atoms with Crippen molar-refractivity contribution in [2.75, 3.05) is 0 Å². The first kappa shape index (κ1) is 14.0. The van der Waals surface area contributed by atoms with E-state index in [4.69, 9.17) is 4.74 Å². The summed E-state index contributed by atoms with van der Waals surface area (Å²) in [6, 6.07) is 5.96. The molecule has 90 valence electrons. The second-order valence-corrected chi connectivity index (χ2v) is 7.21. The highest BCUT2D eigenvalue weighted by atomic mass is 79.9. The SMILES string of the molecule is CC(C)(C)C(C)(C)Oc1cc(Br)ccc1Br. The monoisotopic (exact) mass is 348 g/mol. The molecule has 1 aromatic carbocycles. The van der Waals surface area contributed by atoms with Crippen LogP contribution in [-0.2, 0) is 0 Å². The van der Waals surface area contributed by atoms with Crippen molar-refractivity contribution in [3.63, 3.8) is 0 Å². The lowest BCUT2D eigenvalue weighted by molar-refractivity contribution is 0.000143. The minimum atomic E-state index is -0.226. The molecule has 0 heterocycles. The third-order valence-corrected chi connectivity index (χ3v) is 4.21. The third-order valence-electron chi connectivity index (χ3n) is 3.06. The average molecular weight is 350 g/mol. The van der Waals surface area contributed by atoms with Gasteiger partial charge in [0.2, 0.25) is 0 Å². The van der Waals surface area contributed by atoms with E-state index in [2.05, 4.69) is 66.5 Å². The zero-order valence-corrected chi connectivity index (χ0v) is 13.6. The first-order valence-electron chi connectivity index (χ1n) is 5.27. The van der Waals surface area contributed by atoms with Crippen LogP contribution in [0.25, 0.3) is 0 Å². The Bertz CT molecular complexity index is 378. The fourth-order valence-electron chi connectivity index (χ4n) is 0.983. The summed E-state index contributed by atoms with van der Waals surface area (Å²) >= 11 is 6.96. The van der Waals surface area contributed by atoms with E-state index in [9.17, 15) is 0 Å². The maximum Gasteiger partial charge on any atom is 0.135 e. The van der Waals surface area contributed by atoms with Crippen molar-refractivity contribution < 1.29 is 4.74 Å². The summed E-state index contributed by atoms with van der Waals surface area (Å²) in [5.41, 5.74) is -0.148. The summed E-state index contributed by atoms with van der Waals surface area (Å²) in [7, 11) is 0. The van der Waals surface area contributed by atoms with Gasteiger partial charge >= 0.3 is 0 Å². The van der Waals surface area contributed by atoms with Crippen molar-refractivity contribution >= 4 is 31.9 Å². The Kier molecular flexibility index (Phi) is 4.12. The van der Waals surface area contributed by atoms with Crippen LogP contribution in [-0.4, -0.2) is 5.60 Å². The van der Waals surface area contributed by atoms with E-state index in [1.54, 1.807) is 0 Å². The van der Waals surface area contributed by atoms with Gasteiger partial charge in [-0.15, -0.1) is 0 Å². The van der Waals surface area contributed by atoms with Crippen molar-refractivity contribution in [2.24, 2.45) is 5.41 Å². The lowest BCUT2D eigenvalue weighted by Crippen LogP contribution is -2.42. The predicted octanol–water partition coefficient (Wildman–Crippen LogP) is 5.42. The molecule has 0 bridgehead atoms. The van der Waals surface area contributed by atoms with Crippen LogP contribution in [0.3, 0.4) is 0 Å². The second kappa shape index (κ2) is 4.69. The van der Waals surface area contributed by atoms with E-state index in [1.165, 1.54) is 0 Å². The minimum absolute atomic E-state index is 0.0781. The Labute approximate surface area is 115 Å². The van der Waals surface area contributed by atoms with Crippen molar-refractivity contribution in [1.29, 1.82) is 0 Å². The average Bonchev–Trinajstić information content (AvgIpc) is 2.09. The van der Waals surface area contributed by atoms with Crippen molar-refractivity contribution in [3.8, 4) is 5.75 Å². The van der Waals surface area contributed by atoms with Gasteiger partial charge in [-0.25, -0.2) is 0 Å². The standard InChI is InChI=1S/C13H18Br2O/c1-12(2,3)13(4,5)16-11-8-9(14)6-7-10(11)15/h6-8H,1-5H3. The molecule has 0 spiro atoms. The van der Waals surface area contributed by atoms with E-state index in [-0.39, 0.29) is 11.0 Å². The fourth-order valence-corrected chi connectivity index (χ4v) is 1.65. The van der Waals surface area contributed by atoms with Crippen LogP contribution in [0.4, 0.5) is 0 Å². The van der Waals surface area contributed by atoms with Crippen LogP contribution in [0.5, 0.6) is 5.75 Å². The normalized spacial score (nSPS) is 12.7. The zero-order valence-electron chi connectivity index (χ0n) is 10.4. The van der Waals surface area contributed by atoms with Crippen molar-refractivity contribution in [1.82, 2.24) is 0 Å². The summed E-state index contributed by atoms with van der Waals surface area (Å²) in [5, 5.41) is 0. The molecule has 0 fully saturated rings. The molecule has 1 rings (SSSR count). The number of halogens is 2. The van der Waals surface area contributed by atoms with E-state index < -0.39 is 0 Å². The molecule has 0 aliphatic carbocycles. The summed E-state index contributed by atoms with van der Waals surface area (Å²) in [5.74, 6) is 0.870. The number of hydrogen-bond acceptors (Lipinski definition) is 1. The van der Waals surface area contributed by atoms with Crippen LogP contribution in [0.1, 0.15) is 34.6 Å². The molecule has 0 unspecified atom stereocenters. The van der Waals surface area contributed by atoms with E-state index in [1.807, 2.05) is 18.2 Å². The molecule has 0 atom stereocenters. The predicted molar refractivity (Wildman–Crippen MR) is 76.0 cm³/mol. The molecule has 0 aliphatic rings. The molecule has 1 nitrogen and oxygen atoms in total. The highest BCUT2D eigenvalue weighted by molar-refractivity contribution is 9.11. The molecule has 0 amide bonds. The van der Waals surface area contributed by atoms with Crippen molar-refractivity contribution in [2.45, 2.75) is 40.2 Å². The fraction of sp³-hybridized carbons (Fsp3) is 0.538. The first-order chi connectivity index (χ1) is 7.13. The summed E-state index contributed by atoms with van der Waals surface area (Å²) < 4.78 is 8.10. The number of hydrogen-bond donors (Lipinski definition) is 0. The first-order valence-corrected chi connectivity index (χ1v) is 6.86. The Hall–Kier alpha value is -0.0200. The van der Waals surface area contributed by atoms with E-state index in [0.717, 1.165) is 14.7 Å². The minimum Gasteiger partial charge on any atom is -0.486 e. The molecule has 0 aromatic heterocycles. The highest BCUT2D eigenvalue weighted by Gasteiger charge is 2.35. The molecule has 0 N–H and O–H groups in total. The van der Waals surface area contributed by atoms with Crippen LogP contribution in [0.2, 0.25) is 0 Å². The van der Waals surface area contributed by atoms with Gasteiger partial charge in [0.25, 0.3) is 0 Å². The number of ether oxygens (including phenoxy) is 1. The summed E-state index contributed by atoms with van der Waals surface area (Å²) in [6.45, 7) is 10.8. The van der Waals surface area contributed by atoms with Crippen LogP contribution in [0, 0.1) is 5.41 Å². The maximum absolute atomic E-state index is 6.10. The quantitative estimate of drug-likeness (QED) is 0.693. The molecular formula is C13H18Br2O. The summed E-state index contributed by atoms with van der Waals surface area (Å²) in [6.07, 6.45) is 0. The van der Waals surface area contributed by atoms with E-state index >= 15 is 0 Å². The molecule has 0 aliphatic heterocycles. The largest absolute Gasteiger partial charge is 0.486 e. The van der Waals surface area contributed by atoms with Gasteiger partial charge in [0.05, 0.1) is 4.47 Å².